The van der Waals surface area contributed by atoms with E-state index in [-0.39, 0.29) is 12.1 Å². The fourth-order valence-electron chi connectivity index (χ4n) is 4.18. The zero-order valence-corrected chi connectivity index (χ0v) is 19.3. The standard InChI is InChI=1S/C24H25FN8O2/c1-3-32-13-20(22(14-32)35-19-8-17(25)10-26-11-19)30-24(34)31-23-7-16-9-29-33(21(16)12-28-23)18-4-5-27-15(2)6-18/h4-12,20,22H,3,13-14H2,1-2H3,(H2,28,30,31,34)/t20-,22-/m0/s1. The maximum atomic E-state index is 13.5. The fourth-order valence-corrected chi connectivity index (χ4v) is 4.18. The number of aryl methyl sites for hydroxylation is 1. The molecule has 10 nitrogen and oxygen atoms in total. The number of amides is 2. The second-order valence-electron chi connectivity index (χ2n) is 8.39. The minimum absolute atomic E-state index is 0.292. The first-order valence-corrected chi connectivity index (χ1v) is 11.3. The van der Waals surface area contributed by atoms with Crippen LogP contribution in [0.2, 0.25) is 0 Å². The molecule has 180 valence electrons. The third-order valence-corrected chi connectivity index (χ3v) is 5.89. The van der Waals surface area contributed by atoms with Crippen LogP contribution in [0.3, 0.4) is 0 Å². The topological polar surface area (TPSA) is 110 Å². The summed E-state index contributed by atoms with van der Waals surface area (Å²) in [5.74, 6) is 0.255. The van der Waals surface area contributed by atoms with Gasteiger partial charge in [-0.05, 0) is 31.7 Å². The second-order valence-corrected chi connectivity index (χ2v) is 8.39. The van der Waals surface area contributed by atoms with E-state index in [4.69, 9.17) is 4.74 Å². The van der Waals surface area contributed by atoms with Gasteiger partial charge in [-0.15, -0.1) is 0 Å². The number of fused-ring (bicyclic) bond motifs is 1. The Bertz CT molecular complexity index is 1360. The molecule has 2 atom stereocenters. The summed E-state index contributed by atoms with van der Waals surface area (Å²) in [5, 5.41) is 11.0. The van der Waals surface area contributed by atoms with E-state index in [9.17, 15) is 9.18 Å². The van der Waals surface area contributed by atoms with Crippen LogP contribution in [0.15, 0.2) is 55.2 Å². The number of hydrogen-bond acceptors (Lipinski definition) is 7. The van der Waals surface area contributed by atoms with Crippen molar-refractivity contribution in [1.82, 2.24) is 34.9 Å². The van der Waals surface area contributed by atoms with Crippen molar-refractivity contribution < 1.29 is 13.9 Å². The molecule has 35 heavy (non-hydrogen) atoms. The number of carbonyl (C=O) groups excluding carboxylic acids is 1. The summed E-state index contributed by atoms with van der Waals surface area (Å²) in [7, 11) is 0. The van der Waals surface area contributed by atoms with Crippen molar-refractivity contribution in [3.8, 4) is 11.4 Å². The number of aromatic nitrogens is 5. The van der Waals surface area contributed by atoms with Crippen molar-refractivity contribution in [3.05, 3.63) is 66.8 Å². The SMILES string of the molecule is CCN1C[C@H](NC(=O)Nc2cc3cnn(-c4ccnc(C)c4)c3cn2)[C@@H](Oc2cncc(F)c2)C1. The summed E-state index contributed by atoms with van der Waals surface area (Å²) in [4.78, 5) is 27.4. The van der Waals surface area contributed by atoms with Gasteiger partial charge in [-0.25, -0.2) is 18.9 Å². The number of anilines is 1. The predicted molar refractivity (Wildman–Crippen MR) is 128 cm³/mol. The molecule has 1 aliphatic rings. The van der Waals surface area contributed by atoms with Gasteiger partial charge in [-0.2, -0.15) is 5.10 Å². The summed E-state index contributed by atoms with van der Waals surface area (Å²) >= 11 is 0. The first-order chi connectivity index (χ1) is 17.0. The lowest BCUT2D eigenvalue weighted by atomic mass is 10.2. The lowest BCUT2D eigenvalue weighted by Crippen LogP contribution is -2.47. The van der Waals surface area contributed by atoms with Crippen molar-refractivity contribution in [2.45, 2.75) is 26.0 Å². The van der Waals surface area contributed by atoms with Crippen LogP contribution in [0.4, 0.5) is 15.0 Å². The number of nitrogens with zero attached hydrogens (tertiary/aromatic N) is 6. The van der Waals surface area contributed by atoms with E-state index >= 15 is 0 Å². The molecule has 4 aromatic heterocycles. The van der Waals surface area contributed by atoms with Crippen LogP contribution in [-0.2, 0) is 0 Å². The molecular formula is C24H25FN8O2. The highest BCUT2D eigenvalue weighted by molar-refractivity contribution is 5.91. The van der Waals surface area contributed by atoms with Gasteiger partial charge in [-0.3, -0.25) is 20.2 Å². The summed E-state index contributed by atoms with van der Waals surface area (Å²) in [5.41, 5.74) is 2.58. The molecule has 1 saturated heterocycles. The Kier molecular flexibility index (Phi) is 6.23. The Hall–Kier alpha value is -4.12. The Balaban J connectivity index is 1.27. The van der Waals surface area contributed by atoms with Gasteiger partial charge < -0.3 is 10.1 Å². The van der Waals surface area contributed by atoms with Gasteiger partial charge in [0.25, 0.3) is 0 Å². The number of pyridine rings is 3. The molecule has 5 heterocycles. The Morgan fingerprint density at radius 3 is 2.86 bits per heavy atom. The smallest absolute Gasteiger partial charge is 0.320 e. The van der Waals surface area contributed by atoms with E-state index in [0.717, 1.165) is 35.0 Å². The summed E-state index contributed by atoms with van der Waals surface area (Å²) in [6.45, 7) is 5.98. The fraction of sp³-hybridized carbons (Fsp3) is 0.292. The number of halogens is 1. The molecule has 0 aliphatic carbocycles. The minimum Gasteiger partial charge on any atom is -0.485 e. The second kappa shape index (κ2) is 9.63. The number of likely N-dealkylation sites (N-methyl/N-ethyl adjacent to an activating group) is 1. The van der Waals surface area contributed by atoms with E-state index < -0.39 is 11.8 Å². The lowest BCUT2D eigenvalue weighted by Gasteiger charge is -2.21. The first kappa shape index (κ1) is 22.7. The highest BCUT2D eigenvalue weighted by atomic mass is 19.1. The number of urea groups is 1. The van der Waals surface area contributed by atoms with Gasteiger partial charge in [0.05, 0.1) is 42.0 Å². The van der Waals surface area contributed by atoms with E-state index in [1.165, 1.54) is 12.3 Å². The average molecular weight is 477 g/mol. The Morgan fingerprint density at radius 1 is 1.17 bits per heavy atom. The van der Waals surface area contributed by atoms with Crippen molar-refractivity contribution >= 4 is 22.8 Å². The van der Waals surface area contributed by atoms with Crippen LogP contribution in [0.25, 0.3) is 16.6 Å². The number of rotatable bonds is 6. The molecule has 2 amide bonds. The third kappa shape index (κ3) is 5.04. The third-order valence-electron chi connectivity index (χ3n) is 5.89. The highest BCUT2D eigenvalue weighted by Crippen LogP contribution is 2.21. The average Bonchev–Trinajstić information content (AvgIpc) is 3.42. The van der Waals surface area contributed by atoms with Crippen LogP contribution >= 0.6 is 0 Å². The van der Waals surface area contributed by atoms with Gasteiger partial charge in [0.15, 0.2) is 0 Å². The summed E-state index contributed by atoms with van der Waals surface area (Å²) < 4.78 is 21.2. The van der Waals surface area contributed by atoms with Crippen LogP contribution in [0.5, 0.6) is 5.75 Å². The van der Waals surface area contributed by atoms with E-state index in [1.807, 2.05) is 26.0 Å². The van der Waals surface area contributed by atoms with Crippen LogP contribution in [0, 0.1) is 12.7 Å². The minimum atomic E-state index is -0.473. The van der Waals surface area contributed by atoms with Gasteiger partial charge in [-0.1, -0.05) is 6.92 Å². The van der Waals surface area contributed by atoms with E-state index in [1.54, 1.807) is 29.3 Å². The van der Waals surface area contributed by atoms with Gasteiger partial charge in [0.2, 0.25) is 0 Å². The molecule has 5 rings (SSSR count). The monoisotopic (exact) mass is 476 g/mol. The molecule has 0 bridgehead atoms. The summed E-state index contributed by atoms with van der Waals surface area (Å²) in [6.07, 6.45) is 7.36. The number of likely N-dealkylation sites (tertiary alicyclic amines) is 1. The molecule has 0 aromatic carbocycles. The molecule has 0 saturated carbocycles. The van der Waals surface area contributed by atoms with Crippen molar-refractivity contribution in [1.29, 1.82) is 0 Å². The van der Waals surface area contributed by atoms with E-state index in [0.29, 0.717) is 24.7 Å². The maximum absolute atomic E-state index is 13.5. The Labute approximate surface area is 201 Å². The lowest BCUT2D eigenvalue weighted by molar-refractivity contribution is 0.178. The van der Waals surface area contributed by atoms with Gasteiger partial charge in [0, 0.05) is 36.4 Å². The zero-order chi connectivity index (χ0) is 24.4. The predicted octanol–water partition coefficient (Wildman–Crippen LogP) is 2.93. The molecule has 2 N–H and O–H groups in total. The highest BCUT2D eigenvalue weighted by Gasteiger charge is 2.35. The normalized spacial score (nSPS) is 18.0. The van der Waals surface area contributed by atoms with Gasteiger partial charge in [0.1, 0.15) is 23.5 Å². The number of hydrogen-bond donors (Lipinski definition) is 2. The number of carbonyl (C=O) groups is 1. The van der Waals surface area contributed by atoms with Crippen LogP contribution in [-0.4, -0.2) is 67.4 Å². The van der Waals surface area contributed by atoms with E-state index in [2.05, 4.69) is 35.6 Å². The molecule has 11 heteroatoms. The molecule has 1 aliphatic heterocycles. The first-order valence-electron chi connectivity index (χ1n) is 11.3. The van der Waals surface area contributed by atoms with Crippen molar-refractivity contribution in [2.75, 3.05) is 25.0 Å². The van der Waals surface area contributed by atoms with Crippen molar-refractivity contribution in [2.24, 2.45) is 0 Å². The van der Waals surface area contributed by atoms with Crippen LogP contribution < -0.4 is 15.4 Å². The summed E-state index contributed by atoms with van der Waals surface area (Å²) in [6, 6.07) is 6.17. The van der Waals surface area contributed by atoms with Gasteiger partial charge >= 0.3 is 6.03 Å². The molecular weight excluding hydrogens is 451 g/mol. The molecule has 1 fully saturated rings. The Morgan fingerprint density at radius 2 is 2.06 bits per heavy atom. The molecule has 0 spiro atoms. The zero-order valence-electron chi connectivity index (χ0n) is 19.3. The largest absolute Gasteiger partial charge is 0.485 e. The molecule has 4 aromatic rings. The maximum Gasteiger partial charge on any atom is 0.320 e. The number of nitrogens with one attached hydrogen (secondary N) is 2. The molecule has 0 radical (unpaired) electrons. The molecule has 0 unspecified atom stereocenters. The number of ether oxygens (including phenoxy) is 1. The van der Waals surface area contributed by atoms with Crippen molar-refractivity contribution in [3.63, 3.8) is 0 Å². The van der Waals surface area contributed by atoms with Crippen LogP contribution in [0.1, 0.15) is 12.6 Å². The quantitative estimate of drug-likeness (QED) is 0.440.